The van der Waals surface area contributed by atoms with Gasteiger partial charge in [0.15, 0.2) is 0 Å². The Balaban J connectivity index is 0.00000200. The molecule has 6 heteroatoms. The average Bonchev–Trinajstić information content (AvgIpc) is 3.06. The summed E-state index contributed by atoms with van der Waals surface area (Å²) in [6, 6.07) is 4.10. The van der Waals surface area contributed by atoms with Crippen LogP contribution in [0.3, 0.4) is 0 Å². The normalized spacial score (nSPS) is 19.7. The van der Waals surface area contributed by atoms with E-state index in [1.807, 2.05) is 29.5 Å². The third kappa shape index (κ3) is 4.45. The van der Waals surface area contributed by atoms with Crippen LogP contribution in [0.5, 0.6) is 0 Å². The van der Waals surface area contributed by atoms with Gasteiger partial charge >= 0.3 is 0 Å². The molecule has 1 saturated heterocycles. The van der Waals surface area contributed by atoms with Crippen LogP contribution in [0.2, 0.25) is 0 Å². The number of aliphatic hydroxyl groups excluding tert-OH is 1. The molecule has 20 heavy (non-hydrogen) atoms. The maximum Gasteiger partial charge on any atom is 0.224 e. The number of amides is 1. The molecule has 0 radical (unpaired) electrons. The molecule has 2 atom stereocenters. The zero-order valence-electron chi connectivity index (χ0n) is 11.7. The first-order valence-corrected chi connectivity index (χ1v) is 7.76. The van der Waals surface area contributed by atoms with Gasteiger partial charge in [0, 0.05) is 30.4 Å². The molecule has 1 amide bonds. The van der Waals surface area contributed by atoms with Crippen LogP contribution in [0.1, 0.15) is 36.7 Å². The molecular formula is C14H23ClN2O2S. The summed E-state index contributed by atoms with van der Waals surface area (Å²) in [7, 11) is 1.86. The lowest BCUT2D eigenvalue weighted by molar-refractivity contribution is -0.132. The van der Waals surface area contributed by atoms with Gasteiger partial charge in [0.25, 0.3) is 0 Å². The summed E-state index contributed by atoms with van der Waals surface area (Å²) in [5.41, 5.74) is 0. The fourth-order valence-corrected chi connectivity index (χ4v) is 3.36. The Morgan fingerprint density at radius 2 is 2.45 bits per heavy atom. The third-order valence-corrected chi connectivity index (χ3v) is 4.63. The molecule has 114 valence electrons. The van der Waals surface area contributed by atoms with Crippen LogP contribution >= 0.6 is 23.7 Å². The molecule has 1 aromatic heterocycles. The van der Waals surface area contributed by atoms with E-state index in [1.165, 1.54) is 0 Å². The molecule has 0 aromatic carbocycles. The number of nitrogens with one attached hydrogen (secondary N) is 1. The number of thiophene rings is 1. The fourth-order valence-electron chi connectivity index (χ4n) is 2.64. The molecule has 1 fully saturated rings. The lowest BCUT2D eigenvalue weighted by Gasteiger charge is -2.26. The summed E-state index contributed by atoms with van der Waals surface area (Å²) in [5.74, 6) is 0.204. The largest absolute Gasteiger partial charge is 0.387 e. The van der Waals surface area contributed by atoms with Crippen molar-refractivity contribution >= 4 is 29.7 Å². The van der Waals surface area contributed by atoms with Crippen molar-refractivity contribution in [1.29, 1.82) is 0 Å². The fraction of sp³-hybridized carbons (Fsp3) is 0.643. The number of hydrogen-bond acceptors (Lipinski definition) is 4. The summed E-state index contributed by atoms with van der Waals surface area (Å²) >= 11 is 1.57. The smallest absolute Gasteiger partial charge is 0.224 e. The van der Waals surface area contributed by atoms with Crippen molar-refractivity contribution in [1.82, 2.24) is 10.2 Å². The molecule has 2 heterocycles. The average molecular weight is 319 g/mol. The third-order valence-electron chi connectivity index (χ3n) is 3.65. The van der Waals surface area contributed by atoms with E-state index in [2.05, 4.69) is 5.32 Å². The zero-order chi connectivity index (χ0) is 13.7. The Morgan fingerprint density at radius 1 is 1.65 bits per heavy atom. The van der Waals surface area contributed by atoms with Crippen LogP contribution in [-0.4, -0.2) is 42.1 Å². The molecule has 1 aliphatic rings. The van der Waals surface area contributed by atoms with Crippen LogP contribution < -0.4 is 5.32 Å². The Morgan fingerprint density at radius 3 is 3.10 bits per heavy atom. The predicted molar refractivity (Wildman–Crippen MR) is 84.4 cm³/mol. The van der Waals surface area contributed by atoms with E-state index in [1.54, 1.807) is 11.3 Å². The van der Waals surface area contributed by atoms with Gasteiger partial charge in [-0.15, -0.1) is 23.7 Å². The van der Waals surface area contributed by atoms with Gasteiger partial charge in [-0.3, -0.25) is 4.79 Å². The summed E-state index contributed by atoms with van der Waals surface area (Å²) < 4.78 is 0. The first-order valence-electron chi connectivity index (χ1n) is 6.88. The van der Waals surface area contributed by atoms with Crippen LogP contribution in [0, 0.1) is 0 Å². The number of likely N-dealkylation sites (tertiary alicyclic amines) is 1. The van der Waals surface area contributed by atoms with E-state index < -0.39 is 6.10 Å². The van der Waals surface area contributed by atoms with Crippen LogP contribution in [0.25, 0.3) is 0 Å². The summed E-state index contributed by atoms with van der Waals surface area (Å²) in [4.78, 5) is 15.0. The van der Waals surface area contributed by atoms with E-state index in [9.17, 15) is 9.90 Å². The van der Waals surface area contributed by atoms with Gasteiger partial charge in [-0.25, -0.2) is 0 Å². The standard InChI is InChI=1S/C14H22N2O2S.ClH/c1-15-7-6-14(18)16-8-2-4-11(16)10-12(17)13-5-3-9-19-13;/h3,5,9,11-12,15,17H,2,4,6-8,10H2,1H3;1H. The minimum absolute atomic E-state index is 0. The highest BCUT2D eigenvalue weighted by atomic mass is 35.5. The van der Waals surface area contributed by atoms with E-state index in [-0.39, 0.29) is 24.4 Å². The van der Waals surface area contributed by atoms with Gasteiger partial charge in [0.1, 0.15) is 0 Å². The quantitative estimate of drug-likeness (QED) is 0.845. The van der Waals surface area contributed by atoms with Gasteiger partial charge in [0.05, 0.1) is 6.10 Å². The van der Waals surface area contributed by atoms with E-state index in [0.717, 1.165) is 30.8 Å². The highest BCUT2D eigenvalue weighted by Crippen LogP contribution is 2.29. The van der Waals surface area contributed by atoms with E-state index in [4.69, 9.17) is 0 Å². The van der Waals surface area contributed by atoms with Gasteiger partial charge in [-0.2, -0.15) is 0 Å². The molecule has 2 unspecified atom stereocenters. The Labute approximate surface area is 130 Å². The lowest BCUT2D eigenvalue weighted by atomic mass is 10.1. The predicted octanol–water partition coefficient (Wildman–Crippen LogP) is 2.19. The molecule has 0 bridgehead atoms. The number of halogens is 1. The SMILES string of the molecule is CNCCC(=O)N1CCCC1CC(O)c1cccs1.Cl. The Hall–Kier alpha value is -0.620. The molecule has 0 aliphatic carbocycles. The summed E-state index contributed by atoms with van der Waals surface area (Å²) in [5, 5.41) is 15.2. The number of rotatable bonds is 6. The second kappa shape index (κ2) is 8.62. The first kappa shape index (κ1) is 17.4. The zero-order valence-corrected chi connectivity index (χ0v) is 13.4. The lowest BCUT2D eigenvalue weighted by Crippen LogP contribution is -2.37. The maximum absolute atomic E-state index is 12.1. The van der Waals surface area contributed by atoms with Gasteiger partial charge in [-0.05, 0) is 37.8 Å². The van der Waals surface area contributed by atoms with E-state index >= 15 is 0 Å². The van der Waals surface area contributed by atoms with Gasteiger partial charge in [0.2, 0.25) is 5.91 Å². The van der Waals surface area contributed by atoms with Crippen LogP contribution in [0.4, 0.5) is 0 Å². The highest BCUT2D eigenvalue weighted by Gasteiger charge is 2.30. The maximum atomic E-state index is 12.1. The molecule has 1 aromatic rings. The number of aliphatic hydroxyl groups is 1. The number of hydrogen-bond donors (Lipinski definition) is 2. The van der Waals surface area contributed by atoms with Crippen molar-refractivity contribution in [2.24, 2.45) is 0 Å². The van der Waals surface area contributed by atoms with Crippen molar-refractivity contribution in [2.45, 2.75) is 37.8 Å². The van der Waals surface area contributed by atoms with E-state index in [0.29, 0.717) is 12.8 Å². The van der Waals surface area contributed by atoms with Crippen molar-refractivity contribution in [3.63, 3.8) is 0 Å². The number of nitrogens with zero attached hydrogens (tertiary/aromatic N) is 1. The minimum atomic E-state index is -0.442. The molecule has 4 nitrogen and oxygen atoms in total. The summed E-state index contributed by atoms with van der Waals surface area (Å²) in [6.45, 7) is 1.56. The first-order chi connectivity index (χ1) is 9.22. The molecule has 0 saturated carbocycles. The van der Waals surface area contributed by atoms with Crippen molar-refractivity contribution in [2.75, 3.05) is 20.1 Å². The summed E-state index contributed by atoms with van der Waals surface area (Å²) in [6.07, 6.45) is 2.82. The molecule has 2 N–H and O–H groups in total. The number of carbonyl (C=O) groups excluding carboxylic acids is 1. The molecule has 1 aliphatic heterocycles. The van der Waals surface area contributed by atoms with Gasteiger partial charge < -0.3 is 15.3 Å². The Bertz CT molecular complexity index is 400. The second-order valence-electron chi connectivity index (χ2n) is 5.00. The van der Waals surface area contributed by atoms with Crippen molar-refractivity contribution in [3.05, 3.63) is 22.4 Å². The monoisotopic (exact) mass is 318 g/mol. The molecule has 2 rings (SSSR count). The van der Waals surface area contributed by atoms with Crippen LogP contribution in [-0.2, 0) is 4.79 Å². The van der Waals surface area contributed by atoms with Crippen molar-refractivity contribution in [3.8, 4) is 0 Å². The van der Waals surface area contributed by atoms with Crippen molar-refractivity contribution < 1.29 is 9.90 Å². The van der Waals surface area contributed by atoms with Crippen LogP contribution in [0.15, 0.2) is 17.5 Å². The number of carbonyl (C=O) groups is 1. The minimum Gasteiger partial charge on any atom is -0.387 e. The molecular weight excluding hydrogens is 296 g/mol. The van der Waals surface area contributed by atoms with Gasteiger partial charge in [-0.1, -0.05) is 6.07 Å². The molecule has 0 spiro atoms. The second-order valence-corrected chi connectivity index (χ2v) is 5.98. The topological polar surface area (TPSA) is 52.6 Å². The Kier molecular flexibility index (Phi) is 7.51. The highest BCUT2D eigenvalue weighted by molar-refractivity contribution is 7.10.